The van der Waals surface area contributed by atoms with Crippen LogP contribution in [0.1, 0.15) is 81.1 Å². The lowest BCUT2D eigenvalue weighted by Gasteiger charge is -2.11. The predicted octanol–water partition coefficient (Wildman–Crippen LogP) is 5.90. The Morgan fingerprint density at radius 1 is 0.912 bits per heavy atom. The molecule has 2 aromatic rings. The lowest BCUT2D eigenvalue weighted by molar-refractivity contribution is -0.121. The van der Waals surface area contributed by atoms with Crippen LogP contribution in [0.5, 0.6) is 17.2 Å². The molecular formula is C27H36N2O5. The lowest BCUT2D eigenvalue weighted by Crippen LogP contribution is -2.16. The average molecular weight is 469 g/mol. The van der Waals surface area contributed by atoms with Crippen molar-refractivity contribution in [2.75, 3.05) is 13.7 Å². The molecule has 0 fully saturated rings. The van der Waals surface area contributed by atoms with Crippen LogP contribution in [-0.2, 0) is 4.79 Å². The van der Waals surface area contributed by atoms with Crippen LogP contribution in [0.25, 0.3) is 0 Å². The van der Waals surface area contributed by atoms with E-state index in [1.807, 2.05) is 6.92 Å². The predicted molar refractivity (Wildman–Crippen MR) is 134 cm³/mol. The summed E-state index contributed by atoms with van der Waals surface area (Å²) in [4.78, 5) is 24.5. The highest BCUT2D eigenvalue weighted by molar-refractivity contribution is 5.91. The van der Waals surface area contributed by atoms with Gasteiger partial charge in [0.1, 0.15) is 5.75 Å². The van der Waals surface area contributed by atoms with Gasteiger partial charge in [-0.15, -0.1) is 0 Å². The first-order chi connectivity index (χ1) is 16.6. The summed E-state index contributed by atoms with van der Waals surface area (Å²) in [5.74, 6) is 0.790. The van der Waals surface area contributed by atoms with Gasteiger partial charge in [-0.2, -0.15) is 5.10 Å². The summed E-state index contributed by atoms with van der Waals surface area (Å²) >= 11 is 0. The third kappa shape index (κ3) is 9.65. The molecule has 0 atom stereocenters. The van der Waals surface area contributed by atoms with E-state index in [1.54, 1.807) is 55.8 Å². The summed E-state index contributed by atoms with van der Waals surface area (Å²) < 4.78 is 16.3. The van der Waals surface area contributed by atoms with Crippen LogP contribution in [0.2, 0.25) is 0 Å². The van der Waals surface area contributed by atoms with Crippen LogP contribution in [-0.4, -0.2) is 31.8 Å². The van der Waals surface area contributed by atoms with Crippen LogP contribution < -0.4 is 19.6 Å². The lowest BCUT2D eigenvalue weighted by atomic mass is 10.1. The number of ether oxygens (including phenoxy) is 3. The minimum absolute atomic E-state index is 0.0973. The molecule has 0 radical (unpaired) electrons. The fraction of sp³-hybridized carbons (Fsp3) is 0.444. The smallest absolute Gasteiger partial charge is 0.343 e. The second-order valence-electron chi connectivity index (χ2n) is 7.92. The summed E-state index contributed by atoms with van der Waals surface area (Å²) in [6.45, 7) is 4.46. The van der Waals surface area contributed by atoms with Crippen LogP contribution in [0, 0.1) is 0 Å². The maximum atomic E-state index is 12.5. The van der Waals surface area contributed by atoms with Crippen LogP contribution >= 0.6 is 0 Å². The summed E-state index contributed by atoms with van der Waals surface area (Å²) in [7, 11) is 1.56. The molecule has 2 aromatic carbocycles. The zero-order chi connectivity index (χ0) is 24.6. The molecule has 184 valence electrons. The van der Waals surface area contributed by atoms with E-state index in [-0.39, 0.29) is 5.91 Å². The van der Waals surface area contributed by atoms with Crippen LogP contribution in [0.4, 0.5) is 0 Å². The molecular weight excluding hydrogens is 432 g/mol. The van der Waals surface area contributed by atoms with E-state index in [2.05, 4.69) is 17.5 Å². The maximum Gasteiger partial charge on any atom is 0.343 e. The molecule has 34 heavy (non-hydrogen) atoms. The van der Waals surface area contributed by atoms with E-state index >= 15 is 0 Å². The van der Waals surface area contributed by atoms with E-state index in [0.29, 0.717) is 41.4 Å². The largest absolute Gasteiger partial charge is 0.497 e. The third-order valence-corrected chi connectivity index (χ3v) is 5.21. The molecule has 0 aliphatic heterocycles. The Hall–Kier alpha value is -3.35. The Labute approximate surface area is 202 Å². The highest BCUT2D eigenvalue weighted by Crippen LogP contribution is 2.29. The highest BCUT2D eigenvalue weighted by Gasteiger charge is 2.13. The van der Waals surface area contributed by atoms with Crippen molar-refractivity contribution in [1.82, 2.24) is 5.43 Å². The van der Waals surface area contributed by atoms with Gasteiger partial charge < -0.3 is 14.2 Å². The second-order valence-corrected chi connectivity index (χ2v) is 7.92. The number of carbonyl (C=O) groups excluding carboxylic acids is 2. The molecule has 1 amide bonds. The topological polar surface area (TPSA) is 86.2 Å². The summed E-state index contributed by atoms with van der Waals surface area (Å²) in [5.41, 5.74) is 3.68. The third-order valence-electron chi connectivity index (χ3n) is 5.21. The minimum Gasteiger partial charge on any atom is -0.497 e. The Balaban J connectivity index is 1.87. The Bertz CT molecular complexity index is 925. The number of hydrogen-bond acceptors (Lipinski definition) is 6. The number of amides is 1. The van der Waals surface area contributed by atoms with Gasteiger partial charge in [-0.1, -0.05) is 45.4 Å². The number of unbranched alkanes of at least 4 members (excludes halogenated alkanes) is 6. The van der Waals surface area contributed by atoms with Crippen molar-refractivity contribution in [3.05, 3.63) is 53.6 Å². The Morgan fingerprint density at radius 2 is 1.62 bits per heavy atom. The number of carbonyl (C=O) groups is 2. The van der Waals surface area contributed by atoms with Crippen LogP contribution in [0.3, 0.4) is 0 Å². The molecule has 0 unspecified atom stereocenters. The molecule has 0 bridgehead atoms. The highest BCUT2D eigenvalue weighted by atomic mass is 16.6. The molecule has 1 N–H and O–H groups in total. The van der Waals surface area contributed by atoms with Gasteiger partial charge in [-0.05, 0) is 61.4 Å². The molecule has 0 aliphatic rings. The molecule has 0 aliphatic carbocycles. The van der Waals surface area contributed by atoms with E-state index in [1.165, 1.54) is 32.1 Å². The number of nitrogens with zero attached hydrogens (tertiary/aromatic N) is 1. The standard InChI is InChI=1S/C27H36N2O5/c1-4-6-7-8-9-10-11-12-26(30)29-28-20-21-13-18-24(25(19-21)33-5-2)34-27(31)22-14-16-23(32-3)17-15-22/h13-20H,4-12H2,1-3H3,(H,29,30). The fourth-order valence-electron chi connectivity index (χ4n) is 3.32. The SMILES string of the molecule is CCCCCCCCCC(=O)NN=Cc1ccc(OC(=O)c2ccc(OC)cc2)c(OCC)c1. The number of hydrogen-bond donors (Lipinski definition) is 1. The minimum atomic E-state index is -0.498. The Kier molecular flexibility index (Phi) is 12.2. The molecule has 0 aromatic heterocycles. The monoisotopic (exact) mass is 468 g/mol. The zero-order valence-electron chi connectivity index (χ0n) is 20.5. The Morgan fingerprint density at radius 3 is 2.29 bits per heavy atom. The first kappa shape index (κ1) is 26.9. The first-order valence-corrected chi connectivity index (χ1v) is 12.0. The quantitative estimate of drug-likeness (QED) is 0.116. The van der Waals surface area contributed by atoms with Gasteiger partial charge in [0.2, 0.25) is 5.91 Å². The number of methoxy groups -OCH3 is 1. The normalized spacial score (nSPS) is 10.8. The fourth-order valence-corrected chi connectivity index (χ4v) is 3.32. The molecule has 7 nitrogen and oxygen atoms in total. The molecule has 2 rings (SSSR count). The molecule has 0 saturated carbocycles. The number of benzene rings is 2. The van der Waals surface area contributed by atoms with E-state index in [9.17, 15) is 9.59 Å². The molecule has 0 heterocycles. The van der Waals surface area contributed by atoms with Gasteiger partial charge in [-0.25, -0.2) is 10.2 Å². The van der Waals surface area contributed by atoms with Gasteiger partial charge in [0.15, 0.2) is 11.5 Å². The average Bonchev–Trinajstić information content (AvgIpc) is 2.85. The van der Waals surface area contributed by atoms with Crippen molar-refractivity contribution in [2.45, 2.75) is 65.2 Å². The number of rotatable bonds is 15. The second kappa shape index (κ2) is 15.5. The first-order valence-electron chi connectivity index (χ1n) is 12.0. The van der Waals surface area contributed by atoms with Gasteiger partial charge in [0, 0.05) is 6.42 Å². The van der Waals surface area contributed by atoms with E-state index in [4.69, 9.17) is 14.2 Å². The zero-order valence-corrected chi connectivity index (χ0v) is 20.5. The van der Waals surface area contributed by atoms with Crippen molar-refractivity contribution >= 4 is 18.1 Å². The summed E-state index contributed by atoms with van der Waals surface area (Å²) in [6, 6.07) is 11.8. The summed E-state index contributed by atoms with van der Waals surface area (Å²) in [6.07, 6.45) is 10.2. The molecule has 7 heteroatoms. The van der Waals surface area contributed by atoms with E-state index < -0.39 is 5.97 Å². The van der Waals surface area contributed by atoms with Crippen molar-refractivity contribution in [2.24, 2.45) is 5.10 Å². The maximum absolute atomic E-state index is 12.5. The van der Waals surface area contributed by atoms with Crippen molar-refractivity contribution in [1.29, 1.82) is 0 Å². The molecule has 0 spiro atoms. The molecule has 0 saturated heterocycles. The van der Waals surface area contributed by atoms with Crippen molar-refractivity contribution in [3.8, 4) is 17.2 Å². The van der Waals surface area contributed by atoms with Gasteiger partial charge >= 0.3 is 5.97 Å². The van der Waals surface area contributed by atoms with E-state index in [0.717, 1.165) is 12.8 Å². The number of esters is 1. The van der Waals surface area contributed by atoms with Crippen molar-refractivity contribution in [3.63, 3.8) is 0 Å². The van der Waals surface area contributed by atoms with Gasteiger partial charge in [-0.3, -0.25) is 4.79 Å². The summed E-state index contributed by atoms with van der Waals surface area (Å²) in [5, 5.41) is 4.04. The van der Waals surface area contributed by atoms with Crippen molar-refractivity contribution < 1.29 is 23.8 Å². The van der Waals surface area contributed by atoms with Gasteiger partial charge in [0.05, 0.1) is 25.5 Å². The van der Waals surface area contributed by atoms with Gasteiger partial charge in [0.25, 0.3) is 0 Å². The van der Waals surface area contributed by atoms with Crippen LogP contribution in [0.15, 0.2) is 47.6 Å². The number of hydrazone groups is 1. The number of nitrogens with one attached hydrogen (secondary N) is 1.